The first-order chi connectivity index (χ1) is 12.8. The van der Waals surface area contributed by atoms with Crippen LogP contribution in [0, 0.1) is 0 Å². The summed E-state index contributed by atoms with van der Waals surface area (Å²) in [6.07, 6.45) is 0.765. The van der Waals surface area contributed by atoms with E-state index in [-0.39, 0.29) is 0 Å². The summed E-state index contributed by atoms with van der Waals surface area (Å²) in [6.45, 7) is 2.72. The van der Waals surface area contributed by atoms with Gasteiger partial charge in [-0.15, -0.1) is 21.5 Å². The first-order valence-electron chi connectivity index (χ1n) is 8.28. The van der Waals surface area contributed by atoms with E-state index in [4.69, 9.17) is 4.52 Å². The number of nitrogens with zero attached hydrogens (tertiary/aromatic N) is 5. The summed E-state index contributed by atoms with van der Waals surface area (Å²) in [5.41, 5.74) is 1.21. The van der Waals surface area contributed by atoms with Gasteiger partial charge in [0.2, 0.25) is 5.89 Å². The molecule has 0 aliphatic heterocycles. The summed E-state index contributed by atoms with van der Waals surface area (Å²) in [5, 5.41) is 15.7. The fourth-order valence-corrected chi connectivity index (χ4v) is 4.00. The molecule has 0 bridgehead atoms. The van der Waals surface area contributed by atoms with Gasteiger partial charge < -0.3 is 4.52 Å². The zero-order valence-electron chi connectivity index (χ0n) is 14.2. The number of aryl methyl sites for hydroxylation is 1. The average molecular weight is 384 g/mol. The monoisotopic (exact) mass is 383 g/mol. The molecule has 0 fully saturated rings. The molecule has 0 radical (unpaired) electrons. The second kappa shape index (κ2) is 7.84. The van der Waals surface area contributed by atoms with Crippen molar-refractivity contribution >= 4 is 23.1 Å². The number of hydrogen-bond donors (Lipinski definition) is 0. The van der Waals surface area contributed by atoms with Gasteiger partial charge in [0.25, 0.3) is 0 Å². The van der Waals surface area contributed by atoms with Crippen molar-refractivity contribution in [1.29, 1.82) is 0 Å². The van der Waals surface area contributed by atoms with E-state index in [9.17, 15) is 0 Å². The van der Waals surface area contributed by atoms with Crippen molar-refractivity contribution < 1.29 is 4.52 Å². The molecule has 0 spiro atoms. The summed E-state index contributed by atoms with van der Waals surface area (Å²) in [4.78, 5) is 5.46. The SMILES string of the molecule is CCc1noc(CSc2nnc(-c3cccs3)n2Cc2ccccc2)n1. The van der Waals surface area contributed by atoms with Crippen LogP contribution in [0.4, 0.5) is 0 Å². The minimum Gasteiger partial charge on any atom is -0.338 e. The van der Waals surface area contributed by atoms with Crippen LogP contribution in [0.15, 0.2) is 57.5 Å². The zero-order chi connectivity index (χ0) is 17.8. The third kappa shape index (κ3) is 3.71. The normalized spacial score (nSPS) is 11.1. The van der Waals surface area contributed by atoms with Gasteiger partial charge >= 0.3 is 0 Å². The molecule has 0 aliphatic rings. The molecule has 0 aliphatic carbocycles. The number of thiophene rings is 1. The molecule has 0 saturated heterocycles. The minimum absolute atomic E-state index is 0.574. The van der Waals surface area contributed by atoms with Gasteiger partial charge in [0.15, 0.2) is 16.8 Å². The van der Waals surface area contributed by atoms with Crippen LogP contribution >= 0.6 is 23.1 Å². The predicted molar refractivity (Wildman–Crippen MR) is 102 cm³/mol. The van der Waals surface area contributed by atoms with Crippen molar-refractivity contribution in [2.75, 3.05) is 0 Å². The maximum absolute atomic E-state index is 5.28. The average Bonchev–Trinajstić information content (AvgIpc) is 3.42. The molecule has 8 heteroatoms. The molecule has 4 aromatic rings. The highest BCUT2D eigenvalue weighted by atomic mass is 32.2. The van der Waals surface area contributed by atoms with E-state index in [1.54, 1.807) is 23.1 Å². The molecule has 132 valence electrons. The first kappa shape index (κ1) is 17.0. The zero-order valence-corrected chi connectivity index (χ0v) is 15.8. The topological polar surface area (TPSA) is 69.6 Å². The molecule has 3 aromatic heterocycles. The van der Waals surface area contributed by atoms with Crippen LogP contribution in [-0.2, 0) is 18.7 Å². The van der Waals surface area contributed by atoms with Gasteiger partial charge in [-0.1, -0.05) is 60.2 Å². The third-order valence-electron chi connectivity index (χ3n) is 3.79. The Bertz CT molecular complexity index is 963. The van der Waals surface area contributed by atoms with Gasteiger partial charge in [0.05, 0.1) is 17.2 Å². The van der Waals surface area contributed by atoms with Crippen LogP contribution in [0.5, 0.6) is 0 Å². The van der Waals surface area contributed by atoms with Crippen molar-refractivity contribution in [3.63, 3.8) is 0 Å². The third-order valence-corrected chi connectivity index (χ3v) is 5.61. The van der Waals surface area contributed by atoms with Crippen LogP contribution in [0.3, 0.4) is 0 Å². The van der Waals surface area contributed by atoms with Crippen molar-refractivity contribution in [3.8, 4) is 10.7 Å². The largest absolute Gasteiger partial charge is 0.338 e. The van der Waals surface area contributed by atoms with Crippen molar-refractivity contribution in [2.24, 2.45) is 0 Å². The van der Waals surface area contributed by atoms with E-state index in [2.05, 4.69) is 48.5 Å². The van der Waals surface area contributed by atoms with Crippen LogP contribution in [0.2, 0.25) is 0 Å². The highest BCUT2D eigenvalue weighted by molar-refractivity contribution is 7.98. The highest BCUT2D eigenvalue weighted by Gasteiger charge is 2.17. The molecule has 0 atom stereocenters. The van der Waals surface area contributed by atoms with Gasteiger partial charge in [-0.2, -0.15) is 4.98 Å². The van der Waals surface area contributed by atoms with E-state index < -0.39 is 0 Å². The summed E-state index contributed by atoms with van der Waals surface area (Å²) in [6, 6.07) is 14.4. The van der Waals surface area contributed by atoms with E-state index in [1.807, 2.05) is 31.2 Å². The highest BCUT2D eigenvalue weighted by Crippen LogP contribution is 2.29. The molecular formula is C18H17N5OS2. The van der Waals surface area contributed by atoms with Crippen LogP contribution in [-0.4, -0.2) is 24.9 Å². The number of thioether (sulfide) groups is 1. The molecule has 26 heavy (non-hydrogen) atoms. The predicted octanol–water partition coefficient (Wildman–Crippen LogP) is 4.29. The molecule has 0 unspecified atom stereocenters. The van der Waals surface area contributed by atoms with Gasteiger partial charge in [0, 0.05) is 6.42 Å². The number of benzene rings is 1. The first-order valence-corrected chi connectivity index (χ1v) is 10.1. The molecule has 0 saturated carbocycles. The number of hydrogen-bond acceptors (Lipinski definition) is 7. The van der Waals surface area contributed by atoms with Crippen LogP contribution < -0.4 is 0 Å². The Morgan fingerprint density at radius 2 is 2.00 bits per heavy atom. The molecule has 6 nitrogen and oxygen atoms in total. The summed E-state index contributed by atoms with van der Waals surface area (Å²) in [7, 11) is 0. The number of rotatable bonds is 7. The van der Waals surface area contributed by atoms with Crippen LogP contribution in [0.1, 0.15) is 24.2 Å². The second-order valence-corrected chi connectivity index (χ2v) is 7.49. The minimum atomic E-state index is 0.574. The quantitative estimate of drug-likeness (QED) is 0.443. The summed E-state index contributed by atoms with van der Waals surface area (Å²) in [5.74, 6) is 2.79. The molecule has 0 N–H and O–H groups in total. The van der Waals surface area contributed by atoms with Gasteiger partial charge in [-0.3, -0.25) is 4.57 Å². The molecule has 4 rings (SSSR count). The maximum Gasteiger partial charge on any atom is 0.237 e. The van der Waals surface area contributed by atoms with Crippen LogP contribution in [0.25, 0.3) is 10.7 Å². The van der Waals surface area contributed by atoms with E-state index in [0.717, 1.165) is 28.1 Å². The lowest BCUT2D eigenvalue weighted by atomic mass is 10.2. The van der Waals surface area contributed by atoms with Gasteiger partial charge in [0.1, 0.15) is 0 Å². The second-order valence-electron chi connectivity index (χ2n) is 5.60. The Hall–Kier alpha value is -2.45. The van der Waals surface area contributed by atoms with Gasteiger partial charge in [-0.05, 0) is 17.0 Å². The fourth-order valence-electron chi connectivity index (χ4n) is 2.51. The Morgan fingerprint density at radius 3 is 2.73 bits per heavy atom. The van der Waals surface area contributed by atoms with E-state index in [0.29, 0.717) is 18.2 Å². The molecule has 3 heterocycles. The van der Waals surface area contributed by atoms with E-state index in [1.165, 1.54) is 5.56 Å². The smallest absolute Gasteiger partial charge is 0.237 e. The van der Waals surface area contributed by atoms with Crippen molar-refractivity contribution in [3.05, 3.63) is 65.1 Å². The Kier molecular flexibility index (Phi) is 5.12. The number of aromatic nitrogens is 5. The standard InChI is InChI=1S/C18H17N5OS2/c1-2-15-19-16(24-22-15)12-26-18-21-20-17(14-9-6-10-25-14)23(18)11-13-7-4-3-5-8-13/h3-10H,2,11-12H2,1H3. The van der Waals surface area contributed by atoms with E-state index >= 15 is 0 Å². The summed E-state index contributed by atoms with van der Waals surface area (Å²) >= 11 is 3.22. The molecule has 1 aromatic carbocycles. The summed E-state index contributed by atoms with van der Waals surface area (Å²) < 4.78 is 7.42. The lowest BCUT2D eigenvalue weighted by Gasteiger charge is -2.09. The van der Waals surface area contributed by atoms with Gasteiger partial charge in [-0.25, -0.2) is 0 Å². The van der Waals surface area contributed by atoms with Crippen molar-refractivity contribution in [2.45, 2.75) is 30.8 Å². The molecule has 0 amide bonds. The lowest BCUT2D eigenvalue weighted by Crippen LogP contribution is -2.03. The van der Waals surface area contributed by atoms with Crippen molar-refractivity contribution in [1.82, 2.24) is 24.9 Å². The lowest BCUT2D eigenvalue weighted by molar-refractivity contribution is 0.385. The fraction of sp³-hybridized carbons (Fsp3) is 0.222. The Balaban J connectivity index is 1.61. The molecular weight excluding hydrogens is 366 g/mol. The Labute approximate surface area is 159 Å². The maximum atomic E-state index is 5.28. The Morgan fingerprint density at radius 1 is 1.12 bits per heavy atom.